The number of hydrogen-bond donors (Lipinski definition) is 2. The maximum Gasteiger partial charge on any atom is 0.0948 e. The van der Waals surface area contributed by atoms with E-state index in [9.17, 15) is 5.11 Å². The Balaban J connectivity index is 2.05. The molecule has 0 spiro atoms. The quantitative estimate of drug-likeness (QED) is 0.737. The number of nitrogens with zero attached hydrogens (tertiary/aromatic N) is 2. The van der Waals surface area contributed by atoms with Crippen molar-refractivity contribution in [1.29, 1.82) is 0 Å². The summed E-state index contributed by atoms with van der Waals surface area (Å²) in [6.45, 7) is 3.26. The molecule has 1 saturated carbocycles. The van der Waals surface area contributed by atoms with Crippen LogP contribution in [0.5, 0.6) is 0 Å². The van der Waals surface area contributed by atoms with Crippen LogP contribution in [0.4, 0.5) is 0 Å². The van der Waals surface area contributed by atoms with Crippen LogP contribution in [0.25, 0.3) is 0 Å². The molecule has 0 amide bonds. The van der Waals surface area contributed by atoms with Crippen molar-refractivity contribution >= 4 is 0 Å². The Morgan fingerprint density at radius 1 is 1.67 bits per heavy atom. The summed E-state index contributed by atoms with van der Waals surface area (Å²) in [6.07, 6.45) is 7.25. The fourth-order valence-electron chi connectivity index (χ4n) is 1.82. The molecule has 2 N–H and O–H groups in total. The highest BCUT2D eigenvalue weighted by atomic mass is 16.3. The first-order valence-corrected chi connectivity index (χ1v) is 5.72. The first-order chi connectivity index (χ1) is 7.35. The van der Waals surface area contributed by atoms with Crippen molar-refractivity contribution in [3.8, 4) is 0 Å². The van der Waals surface area contributed by atoms with Crippen molar-refractivity contribution in [3.63, 3.8) is 0 Å². The molecule has 0 aliphatic heterocycles. The van der Waals surface area contributed by atoms with E-state index in [0.717, 1.165) is 18.7 Å². The van der Waals surface area contributed by atoms with Crippen LogP contribution < -0.4 is 5.32 Å². The molecule has 1 atom stereocenters. The Labute approximate surface area is 90.3 Å². The number of rotatable bonds is 6. The number of aryl methyl sites for hydroxylation is 1. The third-order valence-electron chi connectivity index (χ3n) is 2.76. The molecular formula is C11H19N3O. The molecule has 1 aromatic rings. The van der Waals surface area contributed by atoms with Gasteiger partial charge in [-0.3, -0.25) is 0 Å². The molecule has 15 heavy (non-hydrogen) atoms. The van der Waals surface area contributed by atoms with Gasteiger partial charge in [0.15, 0.2) is 0 Å². The van der Waals surface area contributed by atoms with Crippen molar-refractivity contribution in [1.82, 2.24) is 14.9 Å². The highest BCUT2D eigenvalue weighted by Crippen LogP contribution is 2.24. The third-order valence-corrected chi connectivity index (χ3v) is 2.76. The van der Waals surface area contributed by atoms with E-state index in [1.54, 1.807) is 0 Å². The normalized spacial score (nSPS) is 18.0. The molecule has 1 unspecified atom stereocenters. The Morgan fingerprint density at radius 3 is 3.07 bits per heavy atom. The molecule has 0 bridgehead atoms. The number of hydrogen-bond acceptors (Lipinski definition) is 3. The zero-order chi connectivity index (χ0) is 10.7. The van der Waals surface area contributed by atoms with Gasteiger partial charge in [0, 0.05) is 18.8 Å². The monoisotopic (exact) mass is 209 g/mol. The van der Waals surface area contributed by atoms with E-state index in [0.29, 0.717) is 6.04 Å². The van der Waals surface area contributed by atoms with E-state index >= 15 is 0 Å². The molecule has 84 valence electrons. The second-order valence-electron chi connectivity index (χ2n) is 4.19. The van der Waals surface area contributed by atoms with Crippen LogP contribution in [0.15, 0.2) is 12.5 Å². The van der Waals surface area contributed by atoms with Gasteiger partial charge in [-0.05, 0) is 19.3 Å². The molecule has 1 aromatic heterocycles. The largest absolute Gasteiger partial charge is 0.394 e. The number of aliphatic hydroxyl groups excluding tert-OH is 1. The lowest BCUT2D eigenvalue weighted by Gasteiger charge is -2.17. The summed E-state index contributed by atoms with van der Waals surface area (Å²) in [4.78, 5) is 4.15. The second-order valence-corrected chi connectivity index (χ2v) is 4.19. The number of aliphatic hydroxyl groups is 1. The lowest BCUT2D eigenvalue weighted by atomic mass is 10.2. The standard InChI is InChI=1S/C11H19N3O/c1-2-5-14-8-12-6-11(14)10(7-15)13-9-3-4-9/h6,8-10,13,15H,2-5,7H2,1H3. The first kappa shape index (κ1) is 10.6. The molecule has 1 fully saturated rings. The SMILES string of the molecule is CCCn1cncc1C(CO)NC1CC1. The van der Waals surface area contributed by atoms with Crippen LogP contribution >= 0.6 is 0 Å². The molecular weight excluding hydrogens is 190 g/mol. The smallest absolute Gasteiger partial charge is 0.0948 e. The van der Waals surface area contributed by atoms with Crippen molar-refractivity contribution < 1.29 is 5.11 Å². The van der Waals surface area contributed by atoms with Crippen LogP contribution in [0, 0.1) is 0 Å². The lowest BCUT2D eigenvalue weighted by Crippen LogP contribution is -2.28. The van der Waals surface area contributed by atoms with Crippen LogP contribution in [0.1, 0.15) is 37.9 Å². The molecule has 0 aromatic carbocycles. The summed E-state index contributed by atoms with van der Waals surface area (Å²) in [7, 11) is 0. The van der Waals surface area contributed by atoms with Gasteiger partial charge in [-0.15, -0.1) is 0 Å². The molecule has 0 saturated heterocycles. The first-order valence-electron chi connectivity index (χ1n) is 5.72. The molecule has 4 heteroatoms. The average Bonchev–Trinajstić information content (AvgIpc) is 2.95. The summed E-state index contributed by atoms with van der Waals surface area (Å²) in [6, 6.07) is 0.652. The minimum Gasteiger partial charge on any atom is -0.394 e. The highest BCUT2D eigenvalue weighted by Gasteiger charge is 2.26. The van der Waals surface area contributed by atoms with Crippen LogP contribution in [-0.4, -0.2) is 27.3 Å². The maximum absolute atomic E-state index is 9.36. The summed E-state index contributed by atoms with van der Waals surface area (Å²) in [5.74, 6) is 0. The molecule has 2 rings (SSSR count). The van der Waals surface area contributed by atoms with Gasteiger partial charge in [-0.2, -0.15) is 0 Å². The maximum atomic E-state index is 9.36. The molecule has 4 nitrogen and oxygen atoms in total. The minimum atomic E-state index is 0.0477. The summed E-state index contributed by atoms with van der Waals surface area (Å²) in [5, 5.41) is 12.8. The van der Waals surface area contributed by atoms with Crippen LogP contribution in [0.2, 0.25) is 0 Å². The zero-order valence-corrected chi connectivity index (χ0v) is 9.19. The van der Waals surface area contributed by atoms with Gasteiger partial charge in [0.1, 0.15) is 0 Å². The van der Waals surface area contributed by atoms with Gasteiger partial charge in [0.25, 0.3) is 0 Å². The van der Waals surface area contributed by atoms with E-state index in [4.69, 9.17) is 0 Å². The van der Waals surface area contributed by atoms with Gasteiger partial charge in [-0.1, -0.05) is 6.92 Å². The van der Waals surface area contributed by atoms with Gasteiger partial charge in [0.05, 0.1) is 24.7 Å². The van der Waals surface area contributed by atoms with Crippen molar-refractivity contribution in [2.75, 3.05) is 6.61 Å². The summed E-state index contributed by atoms with van der Waals surface area (Å²) in [5.41, 5.74) is 1.10. The summed E-state index contributed by atoms with van der Waals surface area (Å²) >= 11 is 0. The minimum absolute atomic E-state index is 0.0477. The number of aromatic nitrogens is 2. The highest BCUT2D eigenvalue weighted by molar-refractivity contribution is 5.07. The molecule has 1 heterocycles. The predicted octanol–water partition coefficient (Wildman–Crippen LogP) is 1.08. The topological polar surface area (TPSA) is 50.1 Å². The zero-order valence-electron chi connectivity index (χ0n) is 9.19. The Hall–Kier alpha value is -0.870. The van der Waals surface area contributed by atoms with Crippen LogP contribution in [0.3, 0.4) is 0 Å². The van der Waals surface area contributed by atoms with Crippen molar-refractivity contribution in [2.45, 2.75) is 44.8 Å². The van der Waals surface area contributed by atoms with E-state index in [1.807, 2.05) is 12.5 Å². The Bertz CT molecular complexity index is 307. The van der Waals surface area contributed by atoms with Gasteiger partial charge in [0.2, 0.25) is 0 Å². The van der Waals surface area contributed by atoms with E-state index < -0.39 is 0 Å². The van der Waals surface area contributed by atoms with Crippen molar-refractivity contribution in [3.05, 3.63) is 18.2 Å². The average molecular weight is 209 g/mol. The molecule has 1 aliphatic rings. The predicted molar refractivity (Wildman–Crippen MR) is 58.5 cm³/mol. The lowest BCUT2D eigenvalue weighted by molar-refractivity contribution is 0.237. The van der Waals surface area contributed by atoms with Gasteiger partial charge < -0.3 is 15.0 Å². The molecule has 1 aliphatic carbocycles. The van der Waals surface area contributed by atoms with Gasteiger partial charge >= 0.3 is 0 Å². The fourth-order valence-corrected chi connectivity index (χ4v) is 1.82. The summed E-state index contributed by atoms with van der Waals surface area (Å²) < 4.78 is 2.12. The molecule has 0 radical (unpaired) electrons. The van der Waals surface area contributed by atoms with Crippen molar-refractivity contribution in [2.24, 2.45) is 0 Å². The van der Waals surface area contributed by atoms with E-state index in [1.165, 1.54) is 12.8 Å². The fraction of sp³-hybridized carbons (Fsp3) is 0.727. The van der Waals surface area contributed by atoms with Gasteiger partial charge in [-0.25, -0.2) is 4.98 Å². The second kappa shape index (κ2) is 4.77. The number of imidazole rings is 1. The third kappa shape index (κ3) is 2.58. The van der Waals surface area contributed by atoms with Crippen LogP contribution in [-0.2, 0) is 6.54 Å². The Kier molecular flexibility index (Phi) is 3.38. The number of nitrogens with one attached hydrogen (secondary N) is 1. The van der Waals surface area contributed by atoms with E-state index in [2.05, 4.69) is 21.8 Å². The van der Waals surface area contributed by atoms with E-state index in [-0.39, 0.29) is 12.6 Å². The Morgan fingerprint density at radius 2 is 2.47 bits per heavy atom.